The third-order valence-electron chi connectivity index (χ3n) is 1.07. The van der Waals surface area contributed by atoms with E-state index in [9.17, 15) is 4.79 Å². The topological polar surface area (TPSA) is 82.3 Å². The lowest BCUT2D eigenvalue weighted by atomic mass is 10.2. The fourth-order valence-corrected chi connectivity index (χ4v) is 0.497. The molecule has 0 spiro atoms. The van der Waals surface area contributed by atoms with Gasteiger partial charge in [0.2, 0.25) is 0 Å². The summed E-state index contributed by atoms with van der Waals surface area (Å²) in [4.78, 5) is 10.5. The van der Waals surface area contributed by atoms with E-state index in [1.165, 1.54) is 7.11 Å². The Kier molecular flexibility index (Phi) is 4.86. The van der Waals surface area contributed by atoms with Crippen LogP contribution in [0, 0.1) is 11.3 Å². The van der Waals surface area contributed by atoms with Crippen molar-refractivity contribution in [2.45, 2.75) is 12.5 Å². The average Bonchev–Trinajstić information content (AvgIpc) is 2.03. The molecule has 0 aliphatic carbocycles. The van der Waals surface area contributed by atoms with E-state index >= 15 is 0 Å². The highest BCUT2D eigenvalue weighted by atomic mass is 16.5. The van der Waals surface area contributed by atoms with Gasteiger partial charge < -0.3 is 15.2 Å². The van der Waals surface area contributed by atoms with Crippen LogP contribution in [0.4, 0.5) is 4.79 Å². The first-order chi connectivity index (χ1) is 5.24. The van der Waals surface area contributed by atoms with E-state index in [4.69, 9.17) is 10.4 Å². The Morgan fingerprint density at radius 1 is 1.91 bits per heavy atom. The Labute approximate surface area is 64.6 Å². The molecule has 11 heavy (non-hydrogen) atoms. The van der Waals surface area contributed by atoms with Gasteiger partial charge in [0.15, 0.2) is 0 Å². The molecule has 0 rings (SSSR count). The van der Waals surface area contributed by atoms with Crippen molar-refractivity contribution < 1.29 is 14.6 Å². The van der Waals surface area contributed by atoms with Gasteiger partial charge >= 0.3 is 6.09 Å². The van der Waals surface area contributed by atoms with Gasteiger partial charge in [-0.2, -0.15) is 5.26 Å². The zero-order valence-electron chi connectivity index (χ0n) is 6.20. The van der Waals surface area contributed by atoms with E-state index in [2.05, 4.69) is 10.1 Å². The number of nitriles is 1. The van der Waals surface area contributed by atoms with Crippen LogP contribution in [0.25, 0.3) is 0 Å². The summed E-state index contributed by atoms with van der Waals surface area (Å²) < 4.78 is 4.26. The van der Waals surface area contributed by atoms with Crippen molar-refractivity contribution in [3.63, 3.8) is 0 Å². The number of aliphatic hydroxyl groups is 1. The minimum absolute atomic E-state index is 0.0750. The average molecular weight is 158 g/mol. The zero-order chi connectivity index (χ0) is 8.69. The van der Waals surface area contributed by atoms with Crippen molar-refractivity contribution in [2.75, 3.05) is 13.7 Å². The summed E-state index contributed by atoms with van der Waals surface area (Å²) in [5.74, 6) is 0. The Hall–Kier alpha value is -1.28. The molecule has 5 heteroatoms. The molecule has 0 aromatic rings. The van der Waals surface area contributed by atoms with Crippen molar-refractivity contribution >= 4 is 6.09 Å². The number of methoxy groups -OCH3 is 1. The molecule has 1 atom stereocenters. The number of ether oxygens (including phenoxy) is 1. The third kappa shape index (κ3) is 4.17. The molecule has 0 unspecified atom stereocenters. The molecular formula is C6H10N2O3. The molecular weight excluding hydrogens is 148 g/mol. The molecule has 0 radical (unpaired) electrons. The molecule has 0 bridgehead atoms. The number of hydrogen-bond acceptors (Lipinski definition) is 4. The van der Waals surface area contributed by atoms with Crippen molar-refractivity contribution in [1.29, 1.82) is 5.26 Å². The van der Waals surface area contributed by atoms with Crippen molar-refractivity contribution in [2.24, 2.45) is 0 Å². The fraction of sp³-hybridized carbons (Fsp3) is 0.667. The molecule has 0 aliphatic rings. The van der Waals surface area contributed by atoms with Gasteiger partial charge in [0.25, 0.3) is 0 Å². The minimum atomic E-state index is -0.640. The number of carbonyl (C=O) groups is 1. The van der Waals surface area contributed by atoms with E-state index in [-0.39, 0.29) is 13.0 Å². The standard InChI is InChI=1S/C6H10N2O3/c1-11-6(10)8-5(4-9)2-3-7/h5,9H,2,4H2,1H3,(H,8,10)/t5-/m0/s1. The number of amides is 1. The maximum Gasteiger partial charge on any atom is 0.407 e. The second-order valence-corrected chi connectivity index (χ2v) is 1.88. The first-order valence-electron chi connectivity index (χ1n) is 3.07. The van der Waals surface area contributed by atoms with Crippen LogP contribution >= 0.6 is 0 Å². The lowest BCUT2D eigenvalue weighted by Gasteiger charge is -2.10. The van der Waals surface area contributed by atoms with Crippen LogP contribution in [-0.2, 0) is 4.74 Å². The second kappa shape index (κ2) is 5.50. The Morgan fingerprint density at radius 3 is 2.91 bits per heavy atom. The first kappa shape index (κ1) is 9.72. The number of carbonyl (C=O) groups excluding carboxylic acids is 1. The predicted molar refractivity (Wildman–Crippen MR) is 36.6 cm³/mol. The highest BCUT2D eigenvalue weighted by molar-refractivity contribution is 5.67. The number of nitrogens with one attached hydrogen (secondary N) is 1. The van der Waals surface area contributed by atoms with Crippen molar-refractivity contribution in [3.8, 4) is 6.07 Å². The Balaban J connectivity index is 3.70. The SMILES string of the molecule is COC(=O)N[C@H](CO)CC#N. The molecule has 0 saturated carbocycles. The molecule has 0 heterocycles. The summed E-state index contributed by atoms with van der Waals surface area (Å²) in [6.07, 6.45) is -0.565. The normalized spacial score (nSPS) is 11.4. The van der Waals surface area contributed by atoms with Gasteiger partial charge in [-0.25, -0.2) is 4.79 Å². The molecule has 0 fully saturated rings. The van der Waals surface area contributed by atoms with Crippen LogP contribution in [0.15, 0.2) is 0 Å². The summed E-state index contributed by atoms with van der Waals surface area (Å²) in [5, 5.41) is 19.1. The zero-order valence-corrected chi connectivity index (χ0v) is 6.20. The van der Waals surface area contributed by atoms with E-state index in [1.54, 1.807) is 0 Å². The third-order valence-corrected chi connectivity index (χ3v) is 1.07. The fourth-order valence-electron chi connectivity index (χ4n) is 0.497. The van der Waals surface area contributed by atoms with Crippen LogP contribution in [0.2, 0.25) is 0 Å². The van der Waals surface area contributed by atoms with Gasteiger partial charge in [-0.15, -0.1) is 0 Å². The first-order valence-corrected chi connectivity index (χ1v) is 3.07. The van der Waals surface area contributed by atoms with Crippen LogP contribution < -0.4 is 5.32 Å². The molecule has 2 N–H and O–H groups in total. The number of alkyl carbamates (subject to hydrolysis) is 1. The summed E-state index contributed by atoms with van der Waals surface area (Å²) in [6, 6.07) is 1.28. The highest BCUT2D eigenvalue weighted by Gasteiger charge is 2.09. The lowest BCUT2D eigenvalue weighted by Crippen LogP contribution is -2.36. The number of hydrogen-bond donors (Lipinski definition) is 2. The van der Waals surface area contributed by atoms with E-state index in [0.29, 0.717) is 0 Å². The maximum absolute atomic E-state index is 10.5. The van der Waals surface area contributed by atoms with Gasteiger partial charge in [0.05, 0.1) is 32.2 Å². The molecule has 0 aliphatic heterocycles. The molecule has 0 saturated heterocycles. The smallest absolute Gasteiger partial charge is 0.407 e. The van der Waals surface area contributed by atoms with Crippen LogP contribution in [0.5, 0.6) is 0 Å². The monoisotopic (exact) mass is 158 g/mol. The van der Waals surface area contributed by atoms with Gasteiger partial charge in [0.1, 0.15) is 0 Å². The Morgan fingerprint density at radius 2 is 2.55 bits per heavy atom. The van der Waals surface area contributed by atoms with Crippen LogP contribution in [0.1, 0.15) is 6.42 Å². The highest BCUT2D eigenvalue weighted by Crippen LogP contribution is 1.88. The molecule has 5 nitrogen and oxygen atoms in total. The van der Waals surface area contributed by atoms with Gasteiger partial charge in [-0.1, -0.05) is 0 Å². The van der Waals surface area contributed by atoms with Gasteiger partial charge in [0, 0.05) is 0 Å². The number of aliphatic hydroxyl groups excluding tert-OH is 1. The van der Waals surface area contributed by atoms with E-state index in [1.807, 2.05) is 6.07 Å². The molecule has 0 aromatic heterocycles. The summed E-state index contributed by atoms with van der Waals surface area (Å²) in [7, 11) is 1.22. The minimum Gasteiger partial charge on any atom is -0.453 e. The summed E-state index contributed by atoms with van der Waals surface area (Å²) in [5.41, 5.74) is 0. The maximum atomic E-state index is 10.5. The van der Waals surface area contributed by atoms with Crippen LogP contribution in [0.3, 0.4) is 0 Å². The van der Waals surface area contributed by atoms with E-state index in [0.717, 1.165) is 0 Å². The Bertz CT molecular complexity index is 164. The van der Waals surface area contributed by atoms with E-state index < -0.39 is 12.1 Å². The molecule has 1 amide bonds. The van der Waals surface area contributed by atoms with Crippen LogP contribution in [-0.4, -0.2) is 31.0 Å². The summed E-state index contributed by atoms with van der Waals surface area (Å²) >= 11 is 0. The second-order valence-electron chi connectivity index (χ2n) is 1.88. The molecule has 62 valence electrons. The van der Waals surface area contributed by atoms with Gasteiger partial charge in [-0.05, 0) is 0 Å². The largest absolute Gasteiger partial charge is 0.453 e. The number of nitrogens with zero attached hydrogens (tertiary/aromatic N) is 1. The summed E-state index contributed by atoms with van der Waals surface area (Å²) in [6.45, 7) is -0.261. The molecule has 0 aromatic carbocycles. The van der Waals surface area contributed by atoms with Gasteiger partial charge in [-0.3, -0.25) is 0 Å². The van der Waals surface area contributed by atoms with Crippen molar-refractivity contribution in [1.82, 2.24) is 5.32 Å². The quantitative estimate of drug-likeness (QED) is 0.586. The van der Waals surface area contributed by atoms with Crippen molar-refractivity contribution in [3.05, 3.63) is 0 Å². The lowest BCUT2D eigenvalue weighted by molar-refractivity contribution is 0.157. The number of rotatable bonds is 3. The predicted octanol–water partition coefficient (Wildman–Crippen LogP) is -0.383.